The highest BCUT2D eigenvalue weighted by Crippen LogP contribution is 2.28. The minimum absolute atomic E-state index is 0.720. The lowest BCUT2D eigenvalue weighted by atomic mass is 10.2. The van der Waals surface area contributed by atoms with Crippen molar-refractivity contribution in [3.63, 3.8) is 0 Å². The summed E-state index contributed by atoms with van der Waals surface area (Å²) in [6, 6.07) is 2.74. The second kappa shape index (κ2) is 6.24. The summed E-state index contributed by atoms with van der Waals surface area (Å²) in [4.78, 5) is 4.55. The van der Waals surface area contributed by atoms with Gasteiger partial charge in [-0.1, -0.05) is 0 Å². The van der Waals surface area contributed by atoms with Crippen molar-refractivity contribution in [2.24, 2.45) is 0 Å². The van der Waals surface area contributed by atoms with Crippen LogP contribution >= 0.6 is 15.9 Å². The van der Waals surface area contributed by atoms with Gasteiger partial charge in [-0.25, -0.2) is 4.98 Å². The van der Waals surface area contributed by atoms with Crippen LogP contribution in [0.1, 0.15) is 24.8 Å². The lowest BCUT2D eigenvalue weighted by molar-refractivity contribution is 0.190. The number of nitrogens with zero attached hydrogens (tertiary/aromatic N) is 2. The normalized spacial score (nSPS) is 15.1. The van der Waals surface area contributed by atoms with Crippen LogP contribution in [0.2, 0.25) is 0 Å². The molecule has 1 fully saturated rings. The largest absolute Gasteiger partial charge is 0.385 e. The topological polar surface area (TPSA) is 39.1 Å². The summed E-state index contributed by atoms with van der Waals surface area (Å²) in [6.45, 7) is 2.64. The summed E-state index contributed by atoms with van der Waals surface area (Å²) in [5.41, 5.74) is 2.38. The molecule has 1 N–H and O–H groups in total. The van der Waals surface area contributed by atoms with Crippen LogP contribution in [0.5, 0.6) is 0 Å². The molecule has 2 aromatic heterocycles. The molecule has 3 rings (SSSR count). The van der Waals surface area contributed by atoms with Crippen LogP contribution in [0.25, 0.3) is 11.0 Å². The maximum atomic E-state index is 5.14. The van der Waals surface area contributed by atoms with E-state index in [0.29, 0.717) is 0 Å². The van der Waals surface area contributed by atoms with Crippen molar-refractivity contribution in [1.82, 2.24) is 14.9 Å². The Bertz CT molecular complexity index is 592. The smallest absolute Gasteiger partial charge is 0.141 e. The number of aromatic nitrogens is 2. The molecule has 0 radical (unpaired) electrons. The molecule has 1 aliphatic rings. The first-order chi connectivity index (χ1) is 9.79. The Morgan fingerprint density at radius 1 is 1.50 bits per heavy atom. The number of methoxy groups -OCH3 is 1. The summed E-state index contributed by atoms with van der Waals surface area (Å²) >= 11 is 3.66. The molecule has 2 aromatic rings. The van der Waals surface area contributed by atoms with E-state index in [4.69, 9.17) is 4.74 Å². The van der Waals surface area contributed by atoms with E-state index < -0.39 is 0 Å². The van der Waals surface area contributed by atoms with Crippen LogP contribution < -0.4 is 5.32 Å². The van der Waals surface area contributed by atoms with Crippen molar-refractivity contribution in [3.8, 4) is 0 Å². The fourth-order valence-corrected chi connectivity index (χ4v) is 3.03. The van der Waals surface area contributed by atoms with Gasteiger partial charge in [-0.2, -0.15) is 0 Å². The molecule has 0 atom stereocenters. The Labute approximate surface area is 127 Å². The summed E-state index contributed by atoms with van der Waals surface area (Å²) in [6.07, 6.45) is 7.71. The van der Waals surface area contributed by atoms with Gasteiger partial charge >= 0.3 is 0 Å². The van der Waals surface area contributed by atoms with Crippen molar-refractivity contribution in [2.45, 2.75) is 38.4 Å². The first-order valence-corrected chi connectivity index (χ1v) is 7.93. The molecule has 2 heterocycles. The SMILES string of the molecule is COCCCn1cc(CNC2CC2)c2c(Br)ccnc21. The molecule has 20 heavy (non-hydrogen) atoms. The maximum Gasteiger partial charge on any atom is 0.141 e. The number of halogens is 1. The first-order valence-electron chi connectivity index (χ1n) is 7.14. The Balaban J connectivity index is 1.87. The molecule has 1 aliphatic carbocycles. The fourth-order valence-electron chi connectivity index (χ4n) is 2.48. The zero-order valence-electron chi connectivity index (χ0n) is 11.7. The predicted octanol–water partition coefficient (Wildman–Crippen LogP) is 3.09. The van der Waals surface area contributed by atoms with Crippen molar-refractivity contribution in [3.05, 3.63) is 28.5 Å². The quantitative estimate of drug-likeness (QED) is 0.789. The van der Waals surface area contributed by atoms with Gasteiger partial charge in [0.15, 0.2) is 0 Å². The molecule has 1 saturated carbocycles. The standard InChI is InChI=1S/C15H20BrN3O/c1-20-8-2-7-19-10-11(9-18-12-3-4-12)14-13(16)5-6-17-15(14)19/h5-6,10,12,18H,2-4,7-9H2,1H3. The van der Waals surface area contributed by atoms with E-state index in [1.54, 1.807) is 7.11 Å². The van der Waals surface area contributed by atoms with Crippen molar-refractivity contribution in [2.75, 3.05) is 13.7 Å². The third-order valence-corrected chi connectivity index (χ3v) is 4.35. The fraction of sp³-hybridized carbons (Fsp3) is 0.533. The number of pyridine rings is 1. The lowest BCUT2D eigenvalue weighted by Crippen LogP contribution is -2.15. The molecule has 0 amide bonds. The average molecular weight is 338 g/mol. The highest BCUT2D eigenvalue weighted by molar-refractivity contribution is 9.10. The zero-order chi connectivity index (χ0) is 13.9. The van der Waals surface area contributed by atoms with E-state index in [1.807, 2.05) is 12.3 Å². The number of ether oxygens (including phenoxy) is 1. The third kappa shape index (κ3) is 3.05. The number of hydrogen-bond acceptors (Lipinski definition) is 3. The van der Waals surface area contributed by atoms with Gasteiger partial charge in [0.05, 0.1) is 0 Å². The molecule has 0 spiro atoms. The van der Waals surface area contributed by atoms with E-state index in [0.717, 1.165) is 42.3 Å². The lowest BCUT2D eigenvalue weighted by Gasteiger charge is -2.03. The minimum atomic E-state index is 0.720. The predicted molar refractivity (Wildman–Crippen MR) is 83.8 cm³/mol. The summed E-state index contributed by atoms with van der Waals surface area (Å²) in [7, 11) is 1.74. The van der Waals surface area contributed by atoms with E-state index >= 15 is 0 Å². The summed E-state index contributed by atoms with van der Waals surface area (Å²) in [5.74, 6) is 0. The van der Waals surface area contributed by atoms with E-state index in [9.17, 15) is 0 Å². The molecule has 0 aromatic carbocycles. The van der Waals surface area contributed by atoms with Crippen LogP contribution in [0.4, 0.5) is 0 Å². The zero-order valence-corrected chi connectivity index (χ0v) is 13.3. The Morgan fingerprint density at radius 3 is 3.10 bits per heavy atom. The van der Waals surface area contributed by atoms with Gasteiger partial charge in [0, 0.05) is 55.1 Å². The number of nitrogens with one attached hydrogen (secondary N) is 1. The van der Waals surface area contributed by atoms with Crippen molar-refractivity contribution >= 4 is 27.0 Å². The molecule has 0 saturated heterocycles. The monoisotopic (exact) mass is 337 g/mol. The Hall–Kier alpha value is -0.910. The van der Waals surface area contributed by atoms with Gasteiger partial charge in [0.1, 0.15) is 5.65 Å². The van der Waals surface area contributed by atoms with Crippen LogP contribution in [0.15, 0.2) is 22.9 Å². The van der Waals surface area contributed by atoms with E-state index in [-0.39, 0.29) is 0 Å². The average Bonchev–Trinajstić information content (AvgIpc) is 3.20. The number of rotatable bonds is 7. The molecule has 108 valence electrons. The number of hydrogen-bond donors (Lipinski definition) is 1. The van der Waals surface area contributed by atoms with Crippen LogP contribution in [0, 0.1) is 0 Å². The van der Waals surface area contributed by atoms with Crippen molar-refractivity contribution in [1.29, 1.82) is 0 Å². The molecule has 0 bridgehead atoms. The number of fused-ring (bicyclic) bond motifs is 1. The van der Waals surface area contributed by atoms with Gasteiger partial charge in [-0.15, -0.1) is 0 Å². The maximum absolute atomic E-state index is 5.14. The second-order valence-electron chi connectivity index (χ2n) is 5.34. The van der Waals surface area contributed by atoms with Gasteiger partial charge in [0.2, 0.25) is 0 Å². The highest BCUT2D eigenvalue weighted by Gasteiger charge is 2.21. The van der Waals surface area contributed by atoms with Crippen LogP contribution in [0.3, 0.4) is 0 Å². The van der Waals surface area contributed by atoms with Gasteiger partial charge in [0.25, 0.3) is 0 Å². The molecular weight excluding hydrogens is 318 g/mol. The Morgan fingerprint density at radius 2 is 2.35 bits per heavy atom. The highest BCUT2D eigenvalue weighted by atomic mass is 79.9. The van der Waals surface area contributed by atoms with Crippen LogP contribution in [-0.2, 0) is 17.8 Å². The summed E-state index contributed by atoms with van der Waals surface area (Å²) in [5, 5.41) is 4.82. The van der Waals surface area contributed by atoms with E-state index in [1.165, 1.54) is 23.8 Å². The van der Waals surface area contributed by atoms with Gasteiger partial charge in [-0.3, -0.25) is 0 Å². The summed E-state index contributed by atoms with van der Waals surface area (Å²) < 4.78 is 8.50. The van der Waals surface area contributed by atoms with Crippen molar-refractivity contribution < 1.29 is 4.74 Å². The Kier molecular flexibility index (Phi) is 4.38. The molecule has 0 aliphatic heterocycles. The molecule has 4 nitrogen and oxygen atoms in total. The molecule has 0 unspecified atom stereocenters. The molecule has 5 heteroatoms. The van der Waals surface area contributed by atoms with Gasteiger partial charge in [-0.05, 0) is 46.8 Å². The second-order valence-corrected chi connectivity index (χ2v) is 6.19. The van der Waals surface area contributed by atoms with Gasteiger partial charge < -0.3 is 14.6 Å². The number of aryl methyl sites for hydroxylation is 1. The van der Waals surface area contributed by atoms with E-state index in [2.05, 4.69) is 37.0 Å². The minimum Gasteiger partial charge on any atom is -0.385 e. The van der Waals surface area contributed by atoms with Crippen LogP contribution in [-0.4, -0.2) is 29.3 Å². The molecular formula is C15H20BrN3O. The first kappa shape index (κ1) is 14.0. The third-order valence-electron chi connectivity index (χ3n) is 3.69.